The molecular formula is C70H62Ge2N4. The molecular weight excluding hydrogens is 1040 g/mol. The molecule has 0 saturated heterocycles. The summed E-state index contributed by atoms with van der Waals surface area (Å²) in [6.07, 6.45) is 0. The van der Waals surface area contributed by atoms with E-state index in [9.17, 15) is 0 Å². The van der Waals surface area contributed by atoms with Gasteiger partial charge in [0, 0.05) is 0 Å². The summed E-state index contributed by atoms with van der Waals surface area (Å²) in [6, 6.07) is 98.4. The molecule has 0 aliphatic rings. The van der Waals surface area contributed by atoms with E-state index in [1.807, 2.05) is 0 Å². The average Bonchev–Trinajstić information content (AvgIpc) is 3.46. The summed E-state index contributed by atoms with van der Waals surface area (Å²) in [5.41, 5.74) is 13.4. The minimum absolute atomic E-state index is 1.10. The Labute approximate surface area is 453 Å². The van der Waals surface area contributed by atoms with Crippen molar-refractivity contribution < 1.29 is 0 Å². The molecule has 4 nitrogen and oxygen atoms in total. The van der Waals surface area contributed by atoms with E-state index < -0.39 is 26.5 Å². The van der Waals surface area contributed by atoms with Crippen molar-refractivity contribution in [3.05, 3.63) is 267 Å². The molecule has 0 atom stereocenters. The van der Waals surface area contributed by atoms with E-state index in [1.165, 1.54) is 41.1 Å². The average molecular weight is 1100 g/mol. The molecule has 76 heavy (non-hydrogen) atoms. The maximum atomic E-state index is 2.47. The normalized spacial score (nSPS) is 11.8. The van der Waals surface area contributed by atoms with E-state index in [-0.39, 0.29) is 0 Å². The van der Waals surface area contributed by atoms with Gasteiger partial charge in [-0.1, -0.05) is 72.8 Å². The van der Waals surface area contributed by atoms with E-state index in [2.05, 4.69) is 321 Å². The van der Waals surface area contributed by atoms with Crippen molar-refractivity contribution in [3.63, 3.8) is 0 Å². The predicted octanol–water partition coefficient (Wildman–Crippen LogP) is 19.6. The number of nitrogens with zero attached hydrogens (tertiary/aromatic N) is 4. The van der Waals surface area contributed by atoms with Crippen molar-refractivity contribution in [2.45, 2.75) is 34.5 Å². The van der Waals surface area contributed by atoms with Gasteiger partial charge in [-0.15, -0.1) is 0 Å². The Hall–Kier alpha value is -8.03. The van der Waals surface area contributed by atoms with Gasteiger partial charge in [-0.3, -0.25) is 0 Å². The molecule has 12 aromatic carbocycles. The maximum absolute atomic E-state index is 2.47. The Morgan fingerprint density at radius 2 is 0.434 bits per heavy atom. The van der Waals surface area contributed by atoms with Gasteiger partial charge in [-0.25, -0.2) is 0 Å². The van der Waals surface area contributed by atoms with Gasteiger partial charge in [0.25, 0.3) is 0 Å². The Kier molecular flexibility index (Phi) is 13.0. The van der Waals surface area contributed by atoms with Crippen LogP contribution in [-0.2, 0) is 0 Å². The number of hydrogen-bond acceptors (Lipinski definition) is 4. The molecule has 0 aliphatic carbocycles. The minimum atomic E-state index is -2.12. The number of para-hydroxylation sites is 4. The van der Waals surface area contributed by atoms with Gasteiger partial charge in [0.2, 0.25) is 0 Å². The molecule has 0 amide bonds. The van der Waals surface area contributed by atoms with Crippen LogP contribution in [0, 0.1) is 0 Å². The third-order valence-corrected chi connectivity index (χ3v) is 23.5. The van der Waals surface area contributed by atoms with Crippen LogP contribution in [0.2, 0.25) is 34.5 Å². The molecule has 0 aromatic heterocycles. The van der Waals surface area contributed by atoms with Crippen LogP contribution >= 0.6 is 0 Å². The van der Waals surface area contributed by atoms with E-state index >= 15 is 0 Å². The van der Waals surface area contributed by atoms with Gasteiger partial charge in [-0.2, -0.15) is 0 Å². The first-order valence-electron chi connectivity index (χ1n) is 26.5. The Bertz CT molecular complexity index is 3570. The van der Waals surface area contributed by atoms with Gasteiger partial charge >= 0.3 is 384 Å². The fourth-order valence-electron chi connectivity index (χ4n) is 10.9. The molecule has 12 aromatic rings. The monoisotopic (exact) mass is 1110 g/mol. The van der Waals surface area contributed by atoms with E-state index in [1.54, 1.807) is 0 Å². The molecule has 0 fully saturated rings. The summed E-state index contributed by atoms with van der Waals surface area (Å²) >= 11 is -4.23. The molecule has 0 heterocycles. The fraction of sp³-hybridized carbons (Fsp3) is 0.0857. The standard InChI is InChI=1S/C70H62Ge2N4/c1-71(2,3)53-31-35-61(36-32-53)75(63-43-39-59(40-44-63)73(55-19-11-7-12-20-55)56-21-13-8-14-22-56)67-49-29-51-28-48-66-68(50-30-52-27-47-65(67)69(51)70(52)66)76(62-37-33-54(34-38-62)72(4,5)6)64-45-41-60(42-46-64)74(57-23-15-9-16-24-57)58-25-17-10-18-26-58/h7-50H,1-6H3. The quantitative estimate of drug-likeness (QED) is 0.0795. The number of anilines is 12. The van der Waals surface area contributed by atoms with Crippen molar-refractivity contribution in [1.82, 2.24) is 0 Å². The Morgan fingerprint density at radius 1 is 0.211 bits per heavy atom. The summed E-state index contributed by atoms with van der Waals surface area (Å²) in [6.45, 7) is 0. The third kappa shape index (κ3) is 9.41. The zero-order valence-electron chi connectivity index (χ0n) is 44.2. The molecule has 12 rings (SSSR count). The van der Waals surface area contributed by atoms with E-state index in [4.69, 9.17) is 0 Å². The first kappa shape index (κ1) is 48.9. The van der Waals surface area contributed by atoms with Crippen LogP contribution in [0.15, 0.2) is 267 Å². The van der Waals surface area contributed by atoms with Crippen molar-refractivity contribution >= 4 is 136 Å². The Morgan fingerprint density at radius 3 is 0.697 bits per heavy atom. The molecule has 0 aliphatic heterocycles. The zero-order chi connectivity index (χ0) is 52.0. The number of rotatable bonds is 14. The van der Waals surface area contributed by atoms with Crippen LogP contribution < -0.4 is 28.4 Å². The van der Waals surface area contributed by atoms with Crippen LogP contribution in [-0.4, -0.2) is 26.5 Å². The molecule has 0 spiro atoms. The number of benzene rings is 12. The zero-order valence-corrected chi connectivity index (χ0v) is 48.4. The van der Waals surface area contributed by atoms with Crippen molar-refractivity contribution in [2.75, 3.05) is 19.6 Å². The molecule has 0 radical (unpaired) electrons. The van der Waals surface area contributed by atoms with Gasteiger partial charge in [0.1, 0.15) is 0 Å². The first-order valence-corrected chi connectivity index (χ1v) is 41.2. The second-order valence-electron chi connectivity index (χ2n) is 21.9. The molecule has 0 unspecified atom stereocenters. The Balaban J connectivity index is 1.02. The molecule has 6 heteroatoms. The first-order chi connectivity index (χ1) is 37.0. The van der Waals surface area contributed by atoms with E-state index in [0.717, 1.165) is 68.2 Å². The van der Waals surface area contributed by atoms with Gasteiger partial charge in [0.05, 0.1) is 0 Å². The van der Waals surface area contributed by atoms with Gasteiger partial charge in [0.15, 0.2) is 0 Å². The second kappa shape index (κ2) is 20.2. The van der Waals surface area contributed by atoms with Gasteiger partial charge in [-0.05, 0) is 0 Å². The molecule has 0 N–H and O–H groups in total. The molecule has 0 saturated carbocycles. The summed E-state index contributed by atoms with van der Waals surface area (Å²) in [7, 11) is 0. The van der Waals surface area contributed by atoms with Crippen LogP contribution in [0.4, 0.5) is 68.2 Å². The number of hydrogen-bond donors (Lipinski definition) is 0. The summed E-state index contributed by atoms with van der Waals surface area (Å²) in [4.78, 5) is 9.59. The summed E-state index contributed by atoms with van der Waals surface area (Å²) in [5.74, 6) is 14.8. The van der Waals surface area contributed by atoms with Crippen LogP contribution in [0.25, 0.3) is 32.3 Å². The van der Waals surface area contributed by atoms with Crippen molar-refractivity contribution in [1.29, 1.82) is 0 Å². The SMILES string of the molecule is [CH3][Ge]([CH3])([CH3])[c]1ccc(N(c2ccc(N(c3ccccc3)c3ccccc3)cc2)c2ccc3ccc4c(N(c5ccc(N(c6ccccc6)c6ccccc6)cc5)c5cc[c]([Ge]([CH3])([CH3])[CH3])cc5)ccc5ccc2c3c54)cc1. The van der Waals surface area contributed by atoms with Gasteiger partial charge < -0.3 is 0 Å². The van der Waals surface area contributed by atoms with E-state index in [0.29, 0.717) is 0 Å². The van der Waals surface area contributed by atoms with Crippen LogP contribution in [0.5, 0.6) is 0 Å². The van der Waals surface area contributed by atoms with Crippen LogP contribution in [0.3, 0.4) is 0 Å². The van der Waals surface area contributed by atoms with Crippen molar-refractivity contribution in [3.8, 4) is 0 Å². The third-order valence-electron chi connectivity index (χ3n) is 14.9. The second-order valence-corrected chi connectivity index (χ2v) is 43.2. The fourth-order valence-corrected chi connectivity index (χ4v) is 15.8. The molecule has 0 bridgehead atoms. The molecule has 370 valence electrons. The summed E-state index contributed by atoms with van der Waals surface area (Å²) in [5, 5.41) is 7.41. The topological polar surface area (TPSA) is 13.0 Å². The van der Waals surface area contributed by atoms with Crippen LogP contribution in [0.1, 0.15) is 0 Å². The summed E-state index contributed by atoms with van der Waals surface area (Å²) < 4.78 is 2.98. The van der Waals surface area contributed by atoms with Crippen molar-refractivity contribution in [2.24, 2.45) is 0 Å². The predicted molar refractivity (Wildman–Crippen MR) is 335 cm³/mol.